The molecule has 0 heterocycles. The lowest BCUT2D eigenvalue weighted by molar-refractivity contribution is -0.384. The molecule has 152 valence electrons. The zero-order valence-corrected chi connectivity index (χ0v) is 16.9. The quantitative estimate of drug-likeness (QED) is 0.306. The average Bonchev–Trinajstić information content (AvgIpc) is 2.73. The molecule has 1 amide bonds. The summed E-state index contributed by atoms with van der Waals surface area (Å²) in [5.41, 5.74) is 3.70. The molecule has 0 spiro atoms. The smallest absolute Gasteiger partial charge is 0.271 e. The van der Waals surface area contributed by atoms with Gasteiger partial charge in [-0.3, -0.25) is 14.9 Å². The Morgan fingerprint density at radius 3 is 2.60 bits per heavy atom. The van der Waals surface area contributed by atoms with E-state index in [4.69, 9.17) is 27.9 Å². The van der Waals surface area contributed by atoms with Crippen LogP contribution < -0.4 is 10.2 Å². The van der Waals surface area contributed by atoms with Crippen molar-refractivity contribution in [3.05, 3.63) is 104 Å². The van der Waals surface area contributed by atoms with E-state index >= 15 is 0 Å². The number of nitrogens with one attached hydrogen (secondary N) is 1. The second-order valence-corrected chi connectivity index (χ2v) is 6.98. The number of carbonyl (C=O) groups excluding carboxylic acids is 1. The first kappa shape index (κ1) is 21.3. The van der Waals surface area contributed by atoms with Crippen molar-refractivity contribution in [1.29, 1.82) is 0 Å². The van der Waals surface area contributed by atoms with Gasteiger partial charge in [0.2, 0.25) is 0 Å². The molecule has 0 atom stereocenters. The third-order valence-corrected chi connectivity index (χ3v) is 4.41. The number of ether oxygens (including phenoxy) is 1. The number of carbonyl (C=O) groups is 1. The Balaban J connectivity index is 1.70. The number of non-ortho nitro benzene ring substituents is 1. The molecule has 0 saturated heterocycles. The fourth-order valence-electron chi connectivity index (χ4n) is 2.53. The summed E-state index contributed by atoms with van der Waals surface area (Å²) in [5.74, 6) is -0.0777. The topological polar surface area (TPSA) is 93.8 Å². The first-order valence-electron chi connectivity index (χ1n) is 8.67. The van der Waals surface area contributed by atoms with Gasteiger partial charge < -0.3 is 4.74 Å². The number of nitrogens with zero attached hydrogens (tertiary/aromatic N) is 2. The molecule has 0 aliphatic heterocycles. The van der Waals surface area contributed by atoms with Crippen LogP contribution in [0.1, 0.15) is 21.5 Å². The molecule has 0 radical (unpaired) electrons. The monoisotopic (exact) mass is 443 g/mol. The van der Waals surface area contributed by atoms with E-state index in [1.807, 2.05) is 12.1 Å². The minimum atomic E-state index is -0.585. The fraction of sp³-hybridized carbons (Fsp3) is 0.0476. The largest absolute Gasteiger partial charge is 0.488 e. The van der Waals surface area contributed by atoms with Gasteiger partial charge >= 0.3 is 0 Å². The molecule has 30 heavy (non-hydrogen) atoms. The van der Waals surface area contributed by atoms with Crippen molar-refractivity contribution >= 4 is 41.0 Å². The van der Waals surface area contributed by atoms with Gasteiger partial charge in [0.05, 0.1) is 11.1 Å². The number of hydrogen-bond donors (Lipinski definition) is 1. The second kappa shape index (κ2) is 9.87. The average molecular weight is 444 g/mol. The second-order valence-electron chi connectivity index (χ2n) is 6.11. The van der Waals surface area contributed by atoms with Crippen molar-refractivity contribution in [3.8, 4) is 5.75 Å². The van der Waals surface area contributed by atoms with E-state index in [1.54, 1.807) is 30.3 Å². The van der Waals surface area contributed by atoms with Crippen molar-refractivity contribution in [3.63, 3.8) is 0 Å². The third-order valence-electron chi connectivity index (χ3n) is 3.94. The summed E-state index contributed by atoms with van der Waals surface area (Å²) in [4.78, 5) is 22.5. The van der Waals surface area contributed by atoms with E-state index in [0.29, 0.717) is 21.4 Å². The summed E-state index contributed by atoms with van der Waals surface area (Å²) in [6, 6.07) is 17.6. The molecule has 3 aromatic carbocycles. The lowest BCUT2D eigenvalue weighted by Crippen LogP contribution is -2.17. The van der Waals surface area contributed by atoms with E-state index < -0.39 is 10.8 Å². The SMILES string of the molecule is O=C(N/N=C\c1cc(Cl)ccc1OCc1cccc(Cl)c1)c1cccc([N+](=O)[O-])c1. The maximum Gasteiger partial charge on any atom is 0.271 e. The molecule has 0 fully saturated rings. The molecule has 0 unspecified atom stereocenters. The zero-order chi connectivity index (χ0) is 21.5. The van der Waals surface area contributed by atoms with E-state index in [-0.39, 0.29) is 17.9 Å². The summed E-state index contributed by atoms with van der Waals surface area (Å²) < 4.78 is 5.82. The highest BCUT2D eigenvalue weighted by molar-refractivity contribution is 6.31. The van der Waals surface area contributed by atoms with Crippen LogP contribution in [0, 0.1) is 10.1 Å². The lowest BCUT2D eigenvalue weighted by Gasteiger charge is -2.10. The Kier molecular flexibility index (Phi) is 7.00. The molecular formula is C21H15Cl2N3O4. The fourth-order valence-corrected chi connectivity index (χ4v) is 2.92. The van der Waals surface area contributed by atoms with E-state index in [9.17, 15) is 14.9 Å². The first-order valence-corrected chi connectivity index (χ1v) is 9.42. The van der Waals surface area contributed by atoms with Gasteiger partial charge in [-0.1, -0.05) is 41.4 Å². The Morgan fingerprint density at radius 1 is 1.07 bits per heavy atom. The minimum Gasteiger partial charge on any atom is -0.488 e. The van der Waals surface area contributed by atoms with Gasteiger partial charge in [-0.25, -0.2) is 5.43 Å². The first-order chi connectivity index (χ1) is 14.4. The van der Waals surface area contributed by atoms with Crippen molar-refractivity contribution in [2.24, 2.45) is 5.10 Å². The van der Waals surface area contributed by atoms with Crippen molar-refractivity contribution < 1.29 is 14.5 Å². The molecule has 0 saturated carbocycles. The van der Waals surface area contributed by atoms with Crippen LogP contribution in [-0.2, 0) is 6.61 Å². The molecule has 0 aliphatic rings. The van der Waals surface area contributed by atoms with Crippen LogP contribution in [0.4, 0.5) is 5.69 Å². The standard InChI is InChI=1S/C21H15Cl2N3O4/c22-17-5-1-3-14(9-17)13-30-20-8-7-18(23)10-16(20)12-24-25-21(27)15-4-2-6-19(11-15)26(28)29/h1-12H,13H2,(H,25,27)/b24-12-. The lowest BCUT2D eigenvalue weighted by atomic mass is 10.2. The van der Waals surface area contributed by atoms with Crippen molar-refractivity contribution in [1.82, 2.24) is 5.43 Å². The van der Waals surface area contributed by atoms with Gasteiger partial charge in [0, 0.05) is 33.3 Å². The number of nitro benzene ring substituents is 1. The van der Waals surface area contributed by atoms with Crippen LogP contribution in [0.5, 0.6) is 5.75 Å². The predicted molar refractivity (Wildman–Crippen MR) is 115 cm³/mol. The van der Waals surface area contributed by atoms with Crippen LogP contribution in [0.15, 0.2) is 71.8 Å². The maximum absolute atomic E-state index is 12.2. The van der Waals surface area contributed by atoms with Gasteiger partial charge in [-0.05, 0) is 42.0 Å². The van der Waals surface area contributed by atoms with Gasteiger partial charge in [-0.2, -0.15) is 5.10 Å². The highest BCUT2D eigenvalue weighted by Crippen LogP contribution is 2.23. The molecule has 1 N–H and O–H groups in total. The molecule has 3 rings (SSSR count). The molecule has 3 aromatic rings. The van der Waals surface area contributed by atoms with Crippen molar-refractivity contribution in [2.75, 3.05) is 0 Å². The normalized spacial score (nSPS) is 10.7. The van der Waals surface area contributed by atoms with Crippen LogP contribution in [-0.4, -0.2) is 17.0 Å². The minimum absolute atomic E-state index is 0.116. The number of benzene rings is 3. The molecule has 0 bridgehead atoms. The Bertz CT molecular complexity index is 1120. The van der Waals surface area contributed by atoms with Crippen LogP contribution in [0.3, 0.4) is 0 Å². The Morgan fingerprint density at radius 2 is 1.83 bits per heavy atom. The number of halogens is 2. The van der Waals surface area contributed by atoms with Crippen LogP contribution >= 0.6 is 23.2 Å². The maximum atomic E-state index is 12.2. The van der Waals surface area contributed by atoms with Gasteiger partial charge in [0.1, 0.15) is 12.4 Å². The summed E-state index contributed by atoms with van der Waals surface area (Å²) >= 11 is 12.0. The van der Waals surface area contributed by atoms with Gasteiger partial charge in [0.15, 0.2) is 0 Å². The third kappa shape index (κ3) is 5.79. The van der Waals surface area contributed by atoms with Crippen molar-refractivity contribution in [2.45, 2.75) is 6.61 Å². The highest BCUT2D eigenvalue weighted by Gasteiger charge is 2.11. The molecular weight excluding hydrogens is 429 g/mol. The number of rotatable bonds is 7. The number of amides is 1. The predicted octanol–water partition coefficient (Wildman–Crippen LogP) is 5.24. The molecule has 0 aromatic heterocycles. The molecule has 9 heteroatoms. The Labute approximate surface area is 182 Å². The molecule has 7 nitrogen and oxygen atoms in total. The van der Waals surface area contributed by atoms with Crippen LogP contribution in [0.25, 0.3) is 0 Å². The van der Waals surface area contributed by atoms with E-state index in [0.717, 1.165) is 5.56 Å². The molecule has 0 aliphatic carbocycles. The summed E-state index contributed by atoms with van der Waals surface area (Å²) in [5, 5.41) is 15.8. The van der Waals surface area contributed by atoms with E-state index in [1.165, 1.54) is 30.5 Å². The van der Waals surface area contributed by atoms with Gasteiger partial charge in [-0.15, -0.1) is 0 Å². The zero-order valence-electron chi connectivity index (χ0n) is 15.4. The summed E-state index contributed by atoms with van der Waals surface area (Å²) in [6.45, 7) is 0.281. The van der Waals surface area contributed by atoms with Crippen LogP contribution in [0.2, 0.25) is 10.0 Å². The number of hydrazone groups is 1. The number of hydrogen-bond acceptors (Lipinski definition) is 5. The van der Waals surface area contributed by atoms with E-state index in [2.05, 4.69) is 10.5 Å². The highest BCUT2D eigenvalue weighted by atomic mass is 35.5. The Hall–Kier alpha value is -3.42. The summed E-state index contributed by atoms with van der Waals surface area (Å²) in [7, 11) is 0. The van der Waals surface area contributed by atoms with Gasteiger partial charge in [0.25, 0.3) is 11.6 Å². The number of nitro groups is 1. The summed E-state index contributed by atoms with van der Waals surface area (Å²) in [6.07, 6.45) is 1.38.